The number of hydrogen-bond donors (Lipinski definition) is 1. The van der Waals surface area contributed by atoms with Crippen molar-refractivity contribution >= 4 is 43.2 Å². The average Bonchev–Trinajstić information content (AvgIpc) is 2.56. The Kier molecular flexibility index (Phi) is 5.15. The van der Waals surface area contributed by atoms with Crippen molar-refractivity contribution < 1.29 is 13.2 Å². The Morgan fingerprint density at radius 3 is 2.44 bits per heavy atom. The zero-order chi connectivity index (χ0) is 18.0. The molecule has 0 unspecified atom stereocenters. The van der Waals surface area contributed by atoms with Gasteiger partial charge in [-0.15, -0.1) is 0 Å². The van der Waals surface area contributed by atoms with Gasteiger partial charge in [0, 0.05) is 28.8 Å². The van der Waals surface area contributed by atoms with Crippen LogP contribution >= 0.6 is 15.9 Å². The maximum Gasteiger partial charge on any atom is 0.261 e. The fraction of sp³-hybridized carbons (Fsp3) is 0.278. The summed E-state index contributed by atoms with van der Waals surface area (Å²) in [6.45, 7) is 2.60. The average molecular weight is 423 g/mol. The van der Waals surface area contributed by atoms with E-state index in [0.717, 1.165) is 28.6 Å². The molecule has 3 rings (SSSR count). The van der Waals surface area contributed by atoms with Crippen LogP contribution in [0.15, 0.2) is 51.8 Å². The lowest BCUT2D eigenvalue weighted by molar-refractivity contribution is -0.119. The number of carbonyl (C=O) groups is 1. The monoisotopic (exact) mass is 422 g/mol. The number of anilines is 2. The highest BCUT2D eigenvalue weighted by Crippen LogP contribution is 2.28. The topological polar surface area (TPSA) is 66.5 Å². The molecule has 0 spiro atoms. The lowest BCUT2D eigenvalue weighted by atomic mass is 10.1. The lowest BCUT2D eigenvalue weighted by Gasteiger charge is -2.28. The summed E-state index contributed by atoms with van der Waals surface area (Å²) < 4.78 is 28.4. The molecule has 1 aliphatic rings. The molecule has 0 bridgehead atoms. The van der Waals surface area contributed by atoms with Crippen LogP contribution in [-0.4, -0.2) is 20.9 Å². The van der Waals surface area contributed by atoms with E-state index >= 15 is 0 Å². The van der Waals surface area contributed by atoms with Crippen molar-refractivity contribution in [2.75, 3.05) is 16.2 Å². The van der Waals surface area contributed by atoms with Crippen molar-refractivity contribution in [1.82, 2.24) is 0 Å². The number of aryl methyl sites for hydroxylation is 1. The first kappa shape index (κ1) is 17.9. The van der Waals surface area contributed by atoms with E-state index in [1.807, 2.05) is 6.92 Å². The van der Waals surface area contributed by atoms with Gasteiger partial charge in [0.2, 0.25) is 5.91 Å². The SMILES string of the molecule is Cc1cc(NS(=O)(=O)c2ccc(Br)cc2)ccc1N1CCCCC1=O. The molecule has 1 amide bonds. The molecule has 132 valence electrons. The highest BCUT2D eigenvalue weighted by atomic mass is 79.9. The Labute approximate surface area is 156 Å². The number of rotatable bonds is 4. The number of nitrogens with zero attached hydrogens (tertiary/aromatic N) is 1. The largest absolute Gasteiger partial charge is 0.312 e. The van der Waals surface area contributed by atoms with Gasteiger partial charge >= 0.3 is 0 Å². The zero-order valence-electron chi connectivity index (χ0n) is 13.8. The second-order valence-corrected chi connectivity index (χ2v) is 8.66. The van der Waals surface area contributed by atoms with Crippen LogP contribution in [-0.2, 0) is 14.8 Å². The summed E-state index contributed by atoms with van der Waals surface area (Å²) in [4.78, 5) is 14.1. The lowest BCUT2D eigenvalue weighted by Crippen LogP contribution is -2.35. The first-order chi connectivity index (χ1) is 11.9. The van der Waals surface area contributed by atoms with Gasteiger partial charge in [0.25, 0.3) is 10.0 Å². The summed E-state index contributed by atoms with van der Waals surface area (Å²) in [5, 5.41) is 0. The fourth-order valence-corrected chi connectivity index (χ4v) is 4.22. The number of benzene rings is 2. The minimum absolute atomic E-state index is 0.123. The van der Waals surface area contributed by atoms with Crippen molar-refractivity contribution in [3.8, 4) is 0 Å². The minimum Gasteiger partial charge on any atom is -0.312 e. The number of amides is 1. The second-order valence-electron chi connectivity index (χ2n) is 6.06. The van der Waals surface area contributed by atoms with Crippen molar-refractivity contribution in [2.24, 2.45) is 0 Å². The van der Waals surface area contributed by atoms with Gasteiger partial charge in [-0.3, -0.25) is 9.52 Å². The predicted octanol–water partition coefficient (Wildman–Crippen LogP) is 4.08. The molecular formula is C18H19BrN2O3S. The third-order valence-electron chi connectivity index (χ3n) is 4.19. The van der Waals surface area contributed by atoms with Crippen LogP contribution < -0.4 is 9.62 Å². The number of piperidine rings is 1. The molecule has 0 aliphatic carbocycles. The Hall–Kier alpha value is -1.86. The summed E-state index contributed by atoms with van der Waals surface area (Å²) in [5.74, 6) is 0.123. The molecular weight excluding hydrogens is 404 g/mol. The molecule has 0 atom stereocenters. The predicted molar refractivity (Wildman–Crippen MR) is 102 cm³/mol. The Morgan fingerprint density at radius 1 is 1.08 bits per heavy atom. The standard InChI is InChI=1S/C18H19BrN2O3S/c1-13-12-15(7-10-17(13)21-11-3-2-4-18(21)22)20-25(23,24)16-8-5-14(19)6-9-16/h5-10,12,20H,2-4,11H2,1H3. The molecule has 1 saturated heterocycles. The maximum absolute atomic E-state index is 12.5. The van der Waals surface area contributed by atoms with Gasteiger partial charge in [-0.1, -0.05) is 15.9 Å². The van der Waals surface area contributed by atoms with E-state index in [1.165, 1.54) is 0 Å². The quantitative estimate of drug-likeness (QED) is 0.806. The van der Waals surface area contributed by atoms with E-state index < -0.39 is 10.0 Å². The summed E-state index contributed by atoms with van der Waals surface area (Å²) in [5.41, 5.74) is 2.19. The fourth-order valence-electron chi connectivity index (χ4n) is 2.91. The highest BCUT2D eigenvalue weighted by molar-refractivity contribution is 9.10. The Balaban J connectivity index is 1.83. The van der Waals surface area contributed by atoms with Crippen molar-refractivity contribution in [3.05, 3.63) is 52.5 Å². The van der Waals surface area contributed by atoms with Crippen LogP contribution in [0.2, 0.25) is 0 Å². The summed E-state index contributed by atoms with van der Waals surface area (Å²) in [6.07, 6.45) is 2.49. The van der Waals surface area contributed by atoms with Crippen LogP contribution in [0.5, 0.6) is 0 Å². The molecule has 7 heteroatoms. The Bertz CT molecular complexity index is 895. The van der Waals surface area contributed by atoms with Crippen LogP contribution in [0.1, 0.15) is 24.8 Å². The normalized spacial score (nSPS) is 15.3. The van der Waals surface area contributed by atoms with Gasteiger partial charge in [0.15, 0.2) is 0 Å². The van der Waals surface area contributed by atoms with Crippen molar-refractivity contribution in [1.29, 1.82) is 0 Å². The van der Waals surface area contributed by atoms with Crippen molar-refractivity contribution in [3.63, 3.8) is 0 Å². The molecule has 1 heterocycles. The molecule has 1 fully saturated rings. The number of halogens is 1. The Morgan fingerprint density at radius 2 is 1.80 bits per heavy atom. The summed E-state index contributed by atoms with van der Waals surface area (Å²) in [6, 6.07) is 11.7. The maximum atomic E-state index is 12.5. The number of sulfonamides is 1. The third-order valence-corrected chi connectivity index (χ3v) is 6.11. The van der Waals surface area contributed by atoms with Crippen molar-refractivity contribution in [2.45, 2.75) is 31.1 Å². The van der Waals surface area contributed by atoms with Crippen LogP contribution in [0.25, 0.3) is 0 Å². The first-order valence-electron chi connectivity index (χ1n) is 8.06. The number of nitrogens with one attached hydrogen (secondary N) is 1. The van der Waals surface area contributed by atoms with Gasteiger partial charge in [0.1, 0.15) is 0 Å². The molecule has 2 aromatic rings. The van der Waals surface area contributed by atoms with E-state index in [2.05, 4.69) is 20.7 Å². The van der Waals surface area contributed by atoms with Gasteiger partial charge in [-0.05, 0) is 67.8 Å². The minimum atomic E-state index is -3.65. The molecule has 1 aliphatic heterocycles. The second kappa shape index (κ2) is 7.17. The molecule has 0 radical (unpaired) electrons. The third kappa shape index (κ3) is 4.04. The molecule has 1 N–H and O–H groups in total. The van der Waals surface area contributed by atoms with E-state index in [1.54, 1.807) is 47.4 Å². The summed E-state index contributed by atoms with van der Waals surface area (Å²) in [7, 11) is -3.65. The van der Waals surface area contributed by atoms with Gasteiger partial charge in [-0.2, -0.15) is 0 Å². The smallest absolute Gasteiger partial charge is 0.261 e. The first-order valence-corrected chi connectivity index (χ1v) is 10.3. The summed E-state index contributed by atoms with van der Waals surface area (Å²) >= 11 is 3.29. The van der Waals surface area contributed by atoms with Gasteiger partial charge in [-0.25, -0.2) is 8.42 Å². The molecule has 2 aromatic carbocycles. The van der Waals surface area contributed by atoms with Crippen LogP contribution in [0.4, 0.5) is 11.4 Å². The van der Waals surface area contributed by atoms with Crippen LogP contribution in [0.3, 0.4) is 0 Å². The molecule has 0 aromatic heterocycles. The van der Waals surface area contributed by atoms with Crippen LogP contribution in [0, 0.1) is 6.92 Å². The van der Waals surface area contributed by atoms with E-state index in [4.69, 9.17) is 0 Å². The van der Waals surface area contributed by atoms with Gasteiger partial charge in [0.05, 0.1) is 4.90 Å². The van der Waals surface area contributed by atoms with Gasteiger partial charge < -0.3 is 4.90 Å². The number of carbonyl (C=O) groups excluding carboxylic acids is 1. The molecule has 0 saturated carbocycles. The van der Waals surface area contributed by atoms with E-state index in [9.17, 15) is 13.2 Å². The van der Waals surface area contributed by atoms with E-state index in [-0.39, 0.29) is 10.8 Å². The number of hydrogen-bond acceptors (Lipinski definition) is 3. The van der Waals surface area contributed by atoms with E-state index in [0.29, 0.717) is 18.7 Å². The molecule has 25 heavy (non-hydrogen) atoms. The highest BCUT2D eigenvalue weighted by Gasteiger charge is 2.21. The molecule has 5 nitrogen and oxygen atoms in total. The zero-order valence-corrected chi connectivity index (χ0v) is 16.2.